The number of hydrogen-bond acceptors (Lipinski definition) is 6. The van der Waals surface area contributed by atoms with Gasteiger partial charge < -0.3 is 14.6 Å². The molecule has 7 heteroatoms. The number of carbonyl (C=O) groups excluding carboxylic acids is 1. The maximum atomic E-state index is 12.1. The molecule has 0 saturated carbocycles. The molecule has 0 radical (unpaired) electrons. The third kappa shape index (κ3) is 2.92. The molecule has 2 aromatic rings. The molecular formula is C17H20N4O3. The van der Waals surface area contributed by atoms with Crippen molar-refractivity contribution in [3.05, 3.63) is 48.1 Å². The highest BCUT2D eigenvalue weighted by atomic mass is 16.5. The maximum Gasteiger partial charge on any atom is 0.289 e. The molecule has 1 N–H and O–H groups in total. The van der Waals surface area contributed by atoms with Crippen LogP contribution in [0, 0.1) is 11.3 Å². The normalized spacial score (nSPS) is 26.4. The standard InChI is InChI=1S/C17H20N4O3/c22-16(15-3-5-20-24-15)19-10-17-11-21(8-14(17)9-23-12-17)7-13-2-1-4-18-6-13/h1-6,14H,7-12H2,(H,19,22)/t14-,17+/m1/s1. The van der Waals surface area contributed by atoms with Gasteiger partial charge in [0.25, 0.3) is 5.91 Å². The van der Waals surface area contributed by atoms with E-state index in [0.29, 0.717) is 19.1 Å². The molecular weight excluding hydrogens is 308 g/mol. The number of amides is 1. The van der Waals surface area contributed by atoms with E-state index in [1.165, 1.54) is 11.8 Å². The molecule has 1 amide bonds. The zero-order chi connectivity index (χ0) is 16.4. The van der Waals surface area contributed by atoms with Gasteiger partial charge in [-0.05, 0) is 11.6 Å². The van der Waals surface area contributed by atoms with Crippen LogP contribution >= 0.6 is 0 Å². The summed E-state index contributed by atoms with van der Waals surface area (Å²) in [6.07, 6.45) is 5.17. The van der Waals surface area contributed by atoms with Crippen molar-refractivity contribution in [2.75, 3.05) is 32.8 Å². The summed E-state index contributed by atoms with van der Waals surface area (Å²) < 4.78 is 10.6. The number of rotatable bonds is 5. The zero-order valence-electron chi connectivity index (χ0n) is 13.4. The molecule has 2 aromatic heterocycles. The lowest BCUT2D eigenvalue weighted by Gasteiger charge is -2.27. The van der Waals surface area contributed by atoms with Crippen LogP contribution in [0.25, 0.3) is 0 Å². The molecule has 0 aliphatic carbocycles. The Morgan fingerprint density at radius 2 is 2.38 bits per heavy atom. The first-order valence-electron chi connectivity index (χ1n) is 8.13. The van der Waals surface area contributed by atoms with Gasteiger partial charge in [0.2, 0.25) is 5.76 Å². The molecule has 126 valence electrons. The summed E-state index contributed by atoms with van der Waals surface area (Å²) in [5.74, 6) is 0.453. The minimum atomic E-state index is -0.224. The van der Waals surface area contributed by atoms with E-state index < -0.39 is 0 Å². The second-order valence-electron chi connectivity index (χ2n) is 6.66. The summed E-state index contributed by atoms with van der Waals surface area (Å²) >= 11 is 0. The lowest BCUT2D eigenvalue weighted by Crippen LogP contribution is -2.43. The molecule has 0 aromatic carbocycles. The molecule has 2 saturated heterocycles. The van der Waals surface area contributed by atoms with Crippen molar-refractivity contribution in [3.8, 4) is 0 Å². The maximum absolute atomic E-state index is 12.1. The molecule has 0 bridgehead atoms. The molecule has 2 aliphatic heterocycles. The summed E-state index contributed by atoms with van der Waals surface area (Å²) in [6, 6.07) is 5.62. The molecule has 4 heterocycles. The Morgan fingerprint density at radius 3 is 3.17 bits per heavy atom. The van der Waals surface area contributed by atoms with Crippen LogP contribution in [0.15, 0.2) is 41.3 Å². The number of fused-ring (bicyclic) bond motifs is 1. The van der Waals surface area contributed by atoms with Gasteiger partial charge in [-0.1, -0.05) is 11.2 Å². The Bertz CT molecular complexity index is 691. The predicted octanol–water partition coefficient (Wildman–Crippen LogP) is 0.948. The smallest absolute Gasteiger partial charge is 0.289 e. The van der Waals surface area contributed by atoms with Crippen LogP contribution in [-0.2, 0) is 11.3 Å². The highest BCUT2D eigenvalue weighted by Gasteiger charge is 2.50. The number of nitrogens with one attached hydrogen (secondary N) is 1. The van der Waals surface area contributed by atoms with E-state index in [9.17, 15) is 4.79 Å². The Morgan fingerprint density at radius 1 is 1.42 bits per heavy atom. The lowest BCUT2D eigenvalue weighted by atomic mass is 9.81. The second-order valence-corrected chi connectivity index (χ2v) is 6.66. The number of pyridine rings is 1. The number of aromatic nitrogens is 2. The molecule has 2 aliphatic rings. The van der Waals surface area contributed by atoms with E-state index in [4.69, 9.17) is 9.26 Å². The average Bonchev–Trinajstić information content (AvgIpc) is 3.29. The van der Waals surface area contributed by atoms with Crippen molar-refractivity contribution in [2.45, 2.75) is 6.54 Å². The van der Waals surface area contributed by atoms with Crippen LogP contribution < -0.4 is 5.32 Å². The first kappa shape index (κ1) is 15.3. The van der Waals surface area contributed by atoms with Gasteiger partial charge in [0.1, 0.15) is 0 Å². The molecule has 2 atom stereocenters. The highest BCUT2D eigenvalue weighted by Crippen LogP contribution is 2.41. The number of carbonyl (C=O) groups is 1. The van der Waals surface area contributed by atoms with E-state index in [1.807, 2.05) is 12.3 Å². The number of hydrogen-bond donors (Lipinski definition) is 1. The first-order chi connectivity index (χ1) is 11.8. The quantitative estimate of drug-likeness (QED) is 0.880. The Kier molecular flexibility index (Phi) is 4.03. The van der Waals surface area contributed by atoms with E-state index in [1.54, 1.807) is 12.3 Å². The molecule has 7 nitrogen and oxygen atoms in total. The summed E-state index contributed by atoms with van der Waals surface area (Å²) in [4.78, 5) is 18.7. The van der Waals surface area contributed by atoms with E-state index in [0.717, 1.165) is 26.2 Å². The van der Waals surface area contributed by atoms with Crippen molar-refractivity contribution < 1.29 is 14.1 Å². The van der Waals surface area contributed by atoms with Crippen LogP contribution in [-0.4, -0.2) is 53.8 Å². The highest BCUT2D eigenvalue weighted by molar-refractivity contribution is 5.91. The third-order valence-corrected chi connectivity index (χ3v) is 4.98. The SMILES string of the molecule is O=C(NC[C@]12COC[C@H]1CN(Cc1cccnc1)C2)c1ccno1. The van der Waals surface area contributed by atoms with Crippen LogP contribution in [0.2, 0.25) is 0 Å². The van der Waals surface area contributed by atoms with Gasteiger partial charge in [0, 0.05) is 56.0 Å². The van der Waals surface area contributed by atoms with Crippen molar-refractivity contribution in [1.29, 1.82) is 0 Å². The first-order valence-corrected chi connectivity index (χ1v) is 8.13. The van der Waals surface area contributed by atoms with Gasteiger partial charge in [-0.15, -0.1) is 0 Å². The minimum Gasteiger partial charge on any atom is -0.380 e. The van der Waals surface area contributed by atoms with Crippen LogP contribution in [0.5, 0.6) is 0 Å². The number of likely N-dealkylation sites (tertiary alicyclic amines) is 1. The van der Waals surface area contributed by atoms with Crippen LogP contribution in [0.4, 0.5) is 0 Å². The lowest BCUT2D eigenvalue weighted by molar-refractivity contribution is 0.0869. The summed E-state index contributed by atoms with van der Waals surface area (Å²) in [5.41, 5.74) is 1.18. The Balaban J connectivity index is 1.40. The van der Waals surface area contributed by atoms with Gasteiger partial charge >= 0.3 is 0 Å². The van der Waals surface area contributed by atoms with E-state index in [2.05, 4.69) is 26.4 Å². The molecule has 2 fully saturated rings. The van der Waals surface area contributed by atoms with Crippen molar-refractivity contribution in [1.82, 2.24) is 20.4 Å². The third-order valence-electron chi connectivity index (χ3n) is 4.98. The topological polar surface area (TPSA) is 80.5 Å². The summed E-state index contributed by atoms with van der Waals surface area (Å²) in [7, 11) is 0. The molecule has 0 spiro atoms. The molecule has 4 rings (SSSR count). The molecule has 24 heavy (non-hydrogen) atoms. The Labute approximate surface area is 140 Å². The zero-order valence-corrected chi connectivity index (χ0v) is 13.4. The number of ether oxygens (including phenoxy) is 1. The summed E-state index contributed by atoms with van der Waals surface area (Å²) in [5, 5.41) is 6.55. The van der Waals surface area contributed by atoms with Gasteiger partial charge in [0.15, 0.2) is 0 Å². The fraction of sp³-hybridized carbons (Fsp3) is 0.471. The largest absolute Gasteiger partial charge is 0.380 e. The summed E-state index contributed by atoms with van der Waals surface area (Å²) in [6.45, 7) is 4.78. The van der Waals surface area contributed by atoms with E-state index in [-0.39, 0.29) is 17.1 Å². The average molecular weight is 328 g/mol. The fourth-order valence-corrected chi connectivity index (χ4v) is 3.74. The number of nitrogens with zero attached hydrogens (tertiary/aromatic N) is 3. The van der Waals surface area contributed by atoms with E-state index >= 15 is 0 Å². The second kappa shape index (κ2) is 6.33. The fourth-order valence-electron chi connectivity index (χ4n) is 3.74. The van der Waals surface area contributed by atoms with Crippen molar-refractivity contribution >= 4 is 5.91 Å². The molecule has 0 unspecified atom stereocenters. The minimum absolute atomic E-state index is 0.0299. The Hall–Kier alpha value is -2.25. The van der Waals surface area contributed by atoms with Gasteiger partial charge in [-0.2, -0.15) is 0 Å². The van der Waals surface area contributed by atoms with Crippen LogP contribution in [0.1, 0.15) is 16.1 Å². The predicted molar refractivity (Wildman–Crippen MR) is 85.1 cm³/mol. The van der Waals surface area contributed by atoms with Gasteiger partial charge in [0.05, 0.1) is 19.4 Å². The van der Waals surface area contributed by atoms with Crippen molar-refractivity contribution in [3.63, 3.8) is 0 Å². The van der Waals surface area contributed by atoms with Crippen LogP contribution in [0.3, 0.4) is 0 Å². The van der Waals surface area contributed by atoms with Gasteiger partial charge in [-0.25, -0.2) is 0 Å². The monoisotopic (exact) mass is 328 g/mol. The van der Waals surface area contributed by atoms with Gasteiger partial charge in [-0.3, -0.25) is 14.7 Å². The van der Waals surface area contributed by atoms with Crippen molar-refractivity contribution in [2.24, 2.45) is 11.3 Å².